The number of halogens is 5. The fourth-order valence-electron chi connectivity index (χ4n) is 1.01. The summed E-state index contributed by atoms with van der Waals surface area (Å²) < 4.78 is 40.4. The smallest absolute Gasteiger partial charge is 0.372 e. The second kappa shape index (κ2) is 6.23. The summed E-state index contributed by atoms with van der Waals surface area (Å²) in [4.78, 5) is 0.971. The van der Waals surface area contributed by atoms with Crippen LogP contribution >= 0.6 is 38.9 Å². The van der Waals surface area contributed by atoms with E-state index in [2.05, 4.69) is 20.7 Å². The average molecular weight is 338 g/mol. The summed E-state index contributed by atoms with van der Waals surface area (Å²) >= 11 is 10.5. The first kappa shape index (κ1) is 14.3. The van der Waals surface area contributed by atoms with Crippen molar-refractivity contribution >= 4 is 38.9 Å². The lowest BCUT2D eigenvalue weighted by molar-refractivity contribution is -0.174. The lowest BCUT2D eigenvalue weighted by atomic mass is 10.3. The molecule has 0 bridgehead atoms. The van der Waals surface area contributed by atoms with E-state index in [0.29, 0.717) is 10.8 Å². The Morgan fingerprint density at radius 1 is 1.44 bits per heavy atom. The van der Waals surface area contributed by atoms with E-state index >= 15 is 0 Å². The number of ether oxygens (including phenoxy) is 1. The standard InChI is InChI=1S/C9H9BrClF3OS/c10-6(7-1-2-8(11)16-7)3-4-15-5-9(12,13)14/h1-2,6H,3-5H2. The molecule has 0 fully saturated rings. The zero-order valence-corrected chi connectivity index (χ0v) is 11.2. The molecule has 16 heavy (non-hydrogen) atoms. The quantitative estimate of drug-likeness (QED) is 0.553. The molecular weight excluding hydrogens is 329 g/mol. The van der Waals surface area contributed by atoms with E-state index in [-0.39, 0.29) is 11.4 Å². The van der Waals surface area contributed by atoms with E-state index in [0.717, 1.165) is 4.88 Å². The summed E-state index contributed by atoms with van der Waals surface area (Å²) in [6.45, 7) is -1.14. The molecule has 0 N–H and O–H groups in total. The highest BCUT2D eigenvalue weighted by Crippen LogP contribution is 2.34. The van der Waals surface area contributed by atoms with Crippen molar-refractivity contribution in [3.63, 3.8) is 0 Å². The highest BCUT2D eigenvalue weighted by atomic mass is 79.9. The molecule has 0 spiro atoms. The lowest BCUT2D eigenvalue weighted by Gasteiger charge is -2.10. The molecule has 1 unspecified atom stereocenters. The zero-order chi connectivity index (χ0) is 12.2. The Morgan fingerprint density at radius 2 is 2.12 bits per heavy atom. The van der Waals surface area contributed by atoms with Crippen molar-refractivity contribution in [2.45, 2.75) is 17.4 Å². The first-order valence-electron chi connectivity index (χ1n) is 4.42. The summed E-state index contributed by atoms with van der Waals surface area (Å²) in [5, 5.41) is 0. The Balaban J connectivity index is 2.23. The van der Waals surface area contributed by atoms with Crippen LogP contribution in [-0.4, -0.2) is 19.4 Å². The summed E-state index contributed by atoms with van der Waals surface area (Å²) in [5.74, 6) is 0. The molecule has 1 aromatic heterocycles. The third kappa shape index (κ3) is 5.52. The van der Waals surface area contributed by atoms with E-state index in [1.54, 1.807) is 6.07 Å². The second-order valence-corrected chi connectivity index (χ2v) is 5.92. The van der Waals surface area contributed by atoms with Gasteiger partial charge in [0.05, 0.1) is 9.16 Å². The van der Waals surface area contributed by atoms with Gasteiger partial charge in [-0.3, -0.25) is 0 Å². The molecule has 0 saturated carbocycles. The first-order valence-corrected chi connectivity index (χ1v) is 6.53. The summed E-state index contributed by atoms with van der Waals surface area (Å²) in [6.07, 6.45) is -3.78. The zero-order valence-electron chi connectivity index (χ0n) is 8.06. The van der Waals surface area contributed by atoms with E-state index in [1.807, 2.05) is 6.07 Å². The molecule has 7 heteroatoms. The molecule has 0 aliphatic rings. The SMILES string of the molecule is FC(F)(F)COCCC(Br)c1ccc(Cl)s1. The minimum Gasteiger partial charge on any atom is -0.372 e. The van der Waals surface area contributed by atoms with Gasteiger partial charge in [0.1, 0.15) is 6.61 Å². The molecular formula is C9H9BrClF3OS. The average Bonchev–Trinajstić information content (AvgIpc) is 2.57. The van der Waals surface area contributed by atoms with E-state index < -0.39 is 12.8 Å². The molecule has 92 valence electrons. The van der Waals surface area contributed by atoms with Gasteiger partial charge in [0.2, 0.25) is 0 Å². The third-order valence-corrected chi connectivity index (χ3v) is 4.28. The number of hydrogen-bond donors (Lipinski definition) is 0. The van der Waals surface area contributed by atoms with Gasteiger partial charge in [-0.1, -0.05) is 27.5 Å². The van der Waals surface area contributed by atoms with Crippen LogP contribution in [0.3, 0.4) is 0 Å². The maximum Gasteiger partial charge on any atom is 0.411 e. The molecule has 1 rings (SSSR count). The van der Waals surface area contributed by atoms with Crippen LogP contribution in [0.15, 0.2) is 12.1 Å². The fourth-order valence-corrected chi connectivity index (χ4v) is 2.71. The van der Waals surface area contributed by atoms with Crippen LogP contribution in [0, 0.1) is 0 Å². The van der Waals surface area contributed by atoms with Gasteiger partial charge >= 0.3 is 6.18 Å². The van der Waals surface area contributed by atoms with Crippen LogP contribution < -0.4 is 0 Å². The van der Waals surface area contributed by atoms with Gasteiger partial charge in [-0.05, 0) is 18.6 Å². The highest BCUT2D eigenvalue weighted by molar-refractivity contribution is 9.09. The summed E-state index contributed by atoms with van der Waals surface area (Å²) in [5.41, 5.74) is 0. The fraction of sp³-hybridized carbons (Fsp3) is 0.556. The van der Waals surface area contributed by atoms with Crippen molar-refractivity contribution in [2.75, 3.05) is 13.2 Å². The van der Waals surface area contributed by atoms with Gasteiger partial charge in [-0.25, -0.2) is 0 Å². The molecule has 0 aliphatic carbocycles. The highest BCUT2D eigenvalue weighted by Gasteiger charge is 2.27. The van der Waals surface area contributed by atoms with Crippen molar-refractivity contribution in [2.24, 2.45) is 0 Å². The Labute approximate surface area is 109 Å². The Bertz CT molecular complexity index is 329. The first-order chi connectivity index (χ1) is 7.38. The van der Waals surface area contributed by atoms with Crippen LogP contribution in [0.5, 0.6) is 0 Å². The monoisotopic (exact) mass is 336 g/mol. The van der Waals surface area contributed by atoms with Gasteiger partial charge in [0.25, 0.3) is 0 Å². The molecule has 0 radical (unpaired) electrons. The Kier molecular flexibility index (Phi) is 5.56. The van der Waals surface area contributed by atoms with E-state index in [1.165, 1.54) is 11.3 Å². The molecule has 0 amide bonds. The van der Waals surface area contributed by atoms with Gasteiger partial charge in [0.15, 0.2) is 0 Å². The van der Waals surface area contributed by atoms with Crippen molar-refractivity contribution in [3.8, 4) is 0 Å². The molecule has 0 aliphatic heterocycles. The van der Waals surface area contributed by atoms with Crippen LogP contribution in [0.4, 0.5) is 13.2 Å². The van der Waals surface area contributed by atoms with Crippen LogP contribution in [-0.2, 0) is 4.74 Å². The topological polar surface area (TPSA) is 9.23 Å². The predicted octanol–water partition coefficient (Wildman–Crippen LogP) is 4.81. The molecule has 0 saturated heterocycles. The second-order valence-electron chi connectivity index (χ2n) is 3.07. The van der Waals surface area contributed by atoms with Gasteiger partial charge in [-0.2, -0.15) is 13.2 Å². The molecule has 1 aromatic rings. The molecule has 1 heterocycles. The molecule has 1 atom stereocenters. The van der Waals surface area contributed by atoms with Gasteiger partial charge < -0.3 is 4.74 Å². The van der Waals surface area contributed by atoms with Crippen LogP contribution in [0.2, 0.25) is 4.34 Å². The number of alkyl halides is 4. The summed E-state index contributed by atoms with van der Waals surface area (Å²) in [6, 6.07) is 3.60. The van der Waals surface area contributed by atoms with Crippen molar-refractivity contribution in [3.05, 3.63) is 21.3 Å². The van der Waals surface area contributed by atoms with Gasteiger partial charge in [0, 0.05) is 11.5 Å². The maximum absolute atomic E-state index is 11.8. The molecule has 0 aromatic carbocycles. The lowest BCUT2D eigenvalue weighted by Crippen LogP contribution is -2.17. The largest absolute Gasteiger partial charge is 0.411 e. The third-order valence-electron chi connectivity index (χ3n) is 1.68. The maximum atomic E-state index is 11.8. The van der Waals surface area contributed by atoms with Crippen molar-refractivity contribution in [1.29, 1.82) is 0 Å². The molecule has 1 nitrogen and oxygen atoms in total. The van der Waals surface area contributed by atoms with E-state index in [4.69, 9.17) is 11.6 Å². The van der Waals surface area contributed by atoms with Crippen molar-refractivity contribution in [1.82, 2.24) is 0 Å². The van der Waals surface area contributed by atoms with Crippen LogP contribution in [0.1, 0.15) is 16.1 Å². The Hall–Kier alpha value is 0.220. The van der Waals surface area contributed by atoms with Gasteiger partial charge in [-0.15, -0.1) is 11.3 Å². The number of thiophene rings is 1. The Morgan fingerprint density at radius 3 is 2.62 bits per heavy atom. The van der Waals surface area contributed by atoms with Crippen LogP contribution in [0.25, 0.3) is 0 Å². The summed E-state index contributed by atoms with van der Waals surface area (Å²) in [7, 11) is 0. The predicted molar refractivity (Wildman–Crippen MR) is 62.5 cm³/mol. The van der Waals surface area contributed by atoms with E-state index in [9.17, 15) is 13.2 Å². The van der Waals surface area contributed by atoms with Crippen molar-refractivity contribution < 1.29 is 17.9 Å². The minimum atomic E-state index is -4.26. The number of rotatable bonds is 5. The normalized spacial score (nSPS) is 14.1. The number of hydrogen-bond acceptors (Lipinski definition) is 2. The minimum absolute atomic E-state index is 0.0155.